The Morgan fingerprint density at radius 2 is 2.39 bits per heavy atom. The summed E-state index contributed by atoms with van der Waals surface area (Å²) >= 11 is 0. The third-order valence-electron chi connectivity index (χ3n) is 2.59. The molecule has 7 nitrogen and oxygen atoms in total. The van der Waals surface area contributed by atoms with Crippen molar-refractivity contribution < 1.29 is 4.42 Å². The van der Waals surface area contributed by atoms with E-state index >= 15 is 0 Å². The summed E-state index contributed by atoms with van der Waals surface area (Å²) in [6, 6.07) is 4.02. The van der Waals surface area contributed by atoms with Crippen LogP contribution in [0.3, 0.4) is 0 Å². The van der Waals surface area contributed by atoms with Crippen molar-refractivity contribution >= 4 is 11.5 Å². The van der Waals surface area contributed by atoms with Crippen LogP contribution in [0, 0.1) is 0 Å². The zero-order chi connectivity index (χ0) is 12.4. The Hall–Kier alpha value is -2.44. The lowest BCUT2D eigenvalue weighted by molar-refractivity contribution is 0.497. The fourth-order valence-corrected chi connectivity index (χ4v) is 1.81. The first-order chi connectivity index (χ1) is 8.83. The highest BCUT2D eigenvalue weighted by atomic mass is 16.3. The van der Waals surface area contributed by atoms with Crippen LogP contribution in [-0.2, 0) is 6.42 Å². The molecule has 1 unspecified atom stereocenters. The zero-order valence-corrected chi connectivity index (χ0v) is 9.82. The molecule has 3 aromatic rings. The van der Waals surface area contributed by atoms with Crippen molar-refractivity contribution in [1.82, 2.24) is 25.0 Å². The SMILES string of the molecule is CC(Cc1ccco1)Nc1cncc2nnnn12. The van der Waals surface area contributed by atoms with E-state index in [1.807, 2.05) is 12.1 Å². The Labute approximate surface area is 103 Å². The highest BCUT2D eigenvalue weighted by Gasteiger charge is 2.09. The minimum Gasteiger partial charge on any atom is -0.469 e. The molecular formula is C11H12N6O. The second-order valence-electron chi connectivity index (χ2n) is 4.07. The van der Waals surface area contributed by atoms with Crippen molar-refractivity contribution in [2.24, 2.45) is 0 Å². The van der Waals surface area contributed by atoms with Gasteiger partial charge in [-0.15, -0.1) is 5.10 Å². The van der Waals surface area contributed by atoms with Gasteiger partial charge < -0.3 is 9.73 Å². The molecule has 3 aromatic heterocycles. The van der Waals surface area contributed by atoms with Gasteiger partial charge in [0, 0.05) is 12.5 Å². The van der Waals surface area contributed by atoms with E-state index < -0.39 is 0 Å². The molecule has 0 aliphatic carbocycles. The summed E-state index contributed by atoms with van der Waals surface area (Å²) in [6.45, 7) is 2.06. The summed E-state index contributed by atoms with van der Waals surface area (Å²) in [5.41, 5.74) is 0.616. The van der Waals surface area contributed by atoms with Crippen LogP contribution in [-0.4, -0.2) is 31.1 Å². The predicted molar refractivity (Wildman–Crippen MR) is 64.1 cm³/mol. The Balaban J connectivity index is 1.77. The molecule has 0 bridgehead atoms. The van der Waals surface area contributed by atoms with Crippen LogP contribution in [0.1, 0.15) is 12.7 Å². The molecule has 0 aliphatic heterocycles. The zero-order valence-electron chi connectivity index (χ0n) is 9.82. The minimum absolute atomic E-state index is 0.188. The molecular weight excluding hydrogens is 232 g/mol. The first-order valence-electron chi connectivity index (χ1n) is 5.64. The maximum Gasteiger partial charge on any atom is 0.199 e. The third-order valence-corrected chi connectivity index (χ3v) is 2.59. The summed E-state index contributed by atoms with van der Waals surface area (Å²) in [5, 5.41) is 14.7. The lowest BCUT2D eigenvalue weighted by atomic mass is 10.2. The van der Waals surface area contributed by atoms with Crippen LogP contribution < -0.4 is 5.32 Å². The summed E-state index contributed by atoms with van der Waals surface area (Å²) in [5.74, 6) is 1.70. The van der Waals surface area contributed by atoms with Gasteiger partial charge in [0.2, 0.25) is 0 Å². The summed E-state index contributed by atoms with van der Waals surface area (Å²) in [6.07, 6.45) is 5.77. The number of hydrogen-bond donors (Lipinski definition) is 1. The van der Waals surface area contributed by atoms with Crippen molar-refractivity contribution in [3.63, 3.8) is 0 Å². The average Bonchev–Trinajstić information content (AvgIpc) is 2.99. The van der Waals surface area contributed by atoms with Crippen LogP contribution in [0.4, 0.5) is 5.82 Å². The first kappa shape index (κ1) is 10.7. The number of hydrogen-bond acceptors (Lipinski definition) is 6. The monoisotopic (exact) mass is 244 g/mol. The third kappa shape index (κ3) is 2.02. The van der Waals surface area contributed by atoms with Crippen molar-refractivity contribution in [2.75, 3.05) is 5.32 Å². The number of furan rings is 1. The van der Waals surface area contributed by atoms with Crippen molar-refractivity contribution in [2.45, 2.75) is 19.4 Å². The van der Waals surface area contributed by atoms with Gasteiger partial charge in [-0.1, -0.05) is 0 Å². The lowest BCUT2D eigenvalue weighted by Crippen LogP contribution is -2.20. The molecule has 0 amide bonds. The van der Waals surface area contributed by atoms with Gasteiger partial charge in [-0.3, -0.25) is 4.98 Å². The van der Waals surface area contributed by atoms with Crippen LogP contribution in [0.15, 0.2) is 35.2 Å². The van der Waals surface area contributed by atoms with E-state index in [0.29, 0.717) is 5.65 Å². The summed E-state index contributed by atoms with van der Waals surface area (Å²) in [7, 11) is 0. The van der Waals surface area contributed by atoms with Gasteiger partial charge in [-0.05, 0) is 29.5 Å². The molecule has 0 saturated carbocycles. The van der Waals surface area contributed by atoms with Gasteiger partial charge in [0.25, 0.3) is 0 Å². The molecule has 0 fully saturated rings. The molecule has 0 spiro atoms. The number of nitrogens with zero attached hydrogens (tertiary/aromatic N) is 5. The first-order valence-corrected chi connectivity index (χ1v) is 5.64. The molecule has 18 heavy (non-hydrogen) atoms. The van der Waals surface area contributed by atoms with Crippen LogP contribution >= 0.6 is 0 Å². The fourth-order valence-electron chi connectivity index (χ4n) is 1.81. The van der Waals surface area contributed by atoms with Crippen LogP contribution in [0.5, 0.6) is 0 Å². The molecule has 3 heterocycles. The number of rotatable bonds is 4. The van der Waals surface area contributed by atoms with Crippen LogP contribution in [0.2, 0.25) is 0 Å². The van der Waals surface area contributed by atoms with Gasteiger partial charge >= 0.3 is 0 Å². The quantitative estimate of drug-likeness (QED) is 0.741. The van der Waals surface area contributed by atoms with E-state index in [1.165, 1.54) is 0 Å². The molecule has 1 atom stereocenters. The largest absolute Gasteiger partial charge is 0.469 e. The van der Waals surface area contributed by atoms with E-state index in [1.54, 1.807) is 23.2 Å². The predicted octanol–water partition coefficient (Wildman–Crippen LogP) is 1.16. The topological polar surface area (TPSA) is 81.1 Å². The Morgan fingerprint density at radius 3 is 3.22 bits per heavy atom. The average molecular weight is 244 g/mol. The second kappa shape index (κ2) is 4.44. The molecule has 1 N–H and O–H groups in total. The highest BCUT2D eigenvalue weighted by molar-refractivity contribution is 5.44. The highest BCUT2D eigenvalue weighted by Crippen LogP contribution is 2.11. The Morgan fingerprint density at radius 1 is 1.44 bits per heavy atom. The molecule has 3 rings (SSSR count). The van der Waals surface area contributed by atoms with E-state index in [0.717, 1.165) is 18.0 Å². The smallest absolute Gasteiger partial charge is 0.199 e. The second-order valence-corrected chi connectivity index (χ2v) is 4.07. The molecule has 92 valence electrons. The maximum atomic E-state index is 5.31. The van der Waals surface area contributed by atoms with Gasteiger partial charge in [-0.25, -0.2) is 0 Å². The fraction of sp³-hybridized carbons (Fsp3) is 0.273. The Kier molecular flexibility index (Phi) is 2.64. The maximum absolute atomic E-state index is 5.31. The summed E-state index contributed by atoms with van der Waals surface area (Å²) in [4.78, 5) is 4.09. The van der Waals surface area contributed by atoms with E-state index in [4.69, 9.17) is 4.42 Å². The molecule has 0 aromatic carbocycles. The summed E-state index contributed by atoms with van der Waals surface area (Å²) < 4.78 is 6.93. The number of tetrazole rings is 1. The van der Waals surface area contributed by atoms with Gasteiger partial charge in [-0.2, -0.15) is 4.52 Å². The number of aromatic nitrogens is 5. The van der Waals surface area contributed by atoms with Gasteiger partial charge in [0.1, 0.15) is 5.76 Å². The van der Waals surface area contributed by atoms with Gasteiger partial charge in [0.05, 0.1) is 18.7 Å². The van der Waals surface area contributed by atoms with E-state index in [-0.39, 0.29) is 6.04 Å². The number of anilines is 1. The molecule has 0 aliphatic rings. The number of nitrogens with one attached hydrogen (secondary N) is 1. The lowest BCUT2D eigenvalue weighted by Gasteiger charge is -2.13. The minimum atomic E-state index is 0.188. The Bertz CT molecular complexity index is 632. The standard InChI is InChI=1S/C11H12N6O/c1-8(5-9-3-2-4-18-9)13-10-6-12-7-11-14-15-16-17(10)11/h2-4,6-8,13H,5H2,1H3. The van der Waals surface area contributed by atoms with Crippen molar-refractivity contribution in [3.05, 3.63) is 36.5 Å². The molecule has 0 saturated heterocycles. The van der Waals surface area contributed by atoms with Gasteiger partial charge in [0.15, 0.2) is 11.5 Å². The molecule has 7 heteroatoms. The van der Waals surface area contributed by atoms with Crippen molar-refractivity contribution in [3.8, 4) is 0 Å². The van der Waals surface area contributed by atoms with Crippen molar-refractivity contribution in [1.29, 1.82) is 0 Å². The number of fused-ring (bicyclic) bond motifs is 1. The normalized spacial score (nSPS) is 12.7. The van der Waals surface area contributed by atoms with E-state index in [9.17, 15) is 0 Å². The van der Waals surface area contributed by atoms with E-state index in [2.05, 4.69) is 32.7 Å². The molecule has 0 radical (unpaired) electrons. The van der Waals surface area contributed by atoms with Crippen LogP contribution in [0.25, 0.3) is 5.65 Å².